The van der Waals surface area contributed by atoms with Crippen molar-refractivity contribution in [3.8, 4) is 0 Å². The summed E-state index contributed by atoms with van der Waals surface area (Å²) in [6.07, 6.45) is 2.33. The zero-order valence-corrected chi connectivity index (χ0v) is 19.1. The Morgan fingerprint density at radius 2 is 1.87 bits per heavy atom. The maximum Gasteiger partial charge on any atom is 0.253 e. The van der Waals surface area contributed by atoms with Gasteiger partial charge in [-0.05, 0) is 75.7 Å². The minimum absolute atomic E-state index is 0.00363. The molecular formula is C24H33N3O2S. The largest absolute Gasteiger partial charge is 0.369 e. The van der Waals surface area contributed by atoms with Crippen molar-refractivity contribution in [1.82, 2.24) is 10.2 Å². The first-order valence-corrected chi connectivity index (χ1v) is 11.8. The summed E-state index contributed by atoms with van der Waals surface area (Å²) in [6, 6.07) is 12.5. The van der Waals surface area contributed by atoms with Crippen LogP contribution in [0.1, 0.15) is 48.8 Å². The summed E-state index contributed by atoms with van der Waals surface area (Å²) in [5.74, 6) is 0.186. The molecule has 0 unspecified atom stereocenters. The summed E-state index contributed by atoms with van der Waals surface area (Å²) < 4.78 is 0. The van der Waals surface area contributed by atoms with E-state index < -0.39 is 0 Å². The smallest absolute Gasteiger partial charge is 0.253 e. The van der Waals surface area contributed by atoms with Crippen molar-refractivity contribution in [2.75, 3.05) is 31.1 Å². The van der Waals surface area contributed by atoms with Crippen molar-refractivity contribution in [3.05, 3.63) is 52.2 Å². The van der Waals surface area contributed by atoms with Crippen molar-refractivity contribution < 1.29 is 9.59 Å². The van der Waals surface area contributed by atoms with E-state index in [-0.39, 0.29) is 17.7 Å². The SMILES string of the molecule is CCN(c1ccc(C(=O)N2CCC(C(=O)NCCc3cccs3)CC2)cc1)C(C)C. The van der Waals surface area contributed by atoms with Gasteiger partial charge in [-0.3, -0.25) is 9.59 Å². The topological polar surface area (TPSA) is 52.7 Å². The highest BCUT2D eigenvalue weighted by Gasteiger charge is 2.27. The minimum Gasteiger partial charge on any atom is -0.369 e. The van der Waals surface area contributed by atoms with Crippen molar-refractivity contribution in [3.63, 3.8) is 0 Å². The van der Waals surface area contributed by atoms with Gasteiger partial charge in [-0.25, -0.2) is 0 Å². The van der Waals surface area contributed by atoms with Crippen LogP contribution in [0.4, 0.5) is 5.69 Å². The summed E-state index contributed by atoms with van der Waals surface area (Å²) >= 11 is 1.72. The highest BCUT2D eigenvalue weighted by Crippen LogP contribution is 2.22. The van der Waals surface area contributed by atoms with Gasteiger partial charge in [0, 0.05) is 54.3 Å². The Morgan fingerprint density at radius 1 is 1.17 bits per heavy atom. The van der Waals surface area contributed by atoms with Crippen molar-refractivity contribution >= 4 is 28.8 Å². The number of carbonyl (C=O) groups is 2. The van der Waals surface area contributed by atoms with Gasteiger partial charge in [0.25, 0.3) is 5.91 Å². The third-order valence-corrected chi connectivity index (χ3v) is 6.75. The Morgan fingerprint density at radius 3 is 2.43 bits per heavy atom. The molecule has 2 aromatic rings. The fourth-order valence-electron chi connectivity index (χ4n) is 4.08. The number of benzene rings is 1. The Labute approximate surface area is 184 Å². The van der Waals surface area contributed by atoms with E-state index in [4.69, 9.17) is 0 Å². The molecule has 1 N–H and O–H groups in total. The van der Waals surface area contributed by atoms with Crippen LogP contribution in [0.15, 0.2) is 41.8 Å². The molecule has 1 saturated heterocycles. The number of hydrogen-bond donors (Lipinski definition) is 1. The number of nitrogens with one attached hydrogen (secondary N) is 1. The molecule has 6 heteroatoms. The van der Waals surface area contributed by atoms with Gasteiger partial charge < -0.3 is 15.1 Å². The van der Waals surface area contributed by atoms with Gasteiger partial charge in [-0.15, -0.1) is 11.3 Å². The fraction of sp³-hybridized carbons (Fsp3) is 0.500. The zero-order chi connectivity index (χ0) is 21.5. The highest BCUT2D eigenvalue weighted by atomic mass is 32.1. The number of thiophene rings is 1. The number of carbonyl (C=O) groups excluding carboxylic acids is 2. The lowest BCUT2D eigenvalue weighted by Gasteiger charge is -2.32. The normalized spacial score (nSPS) is 14.7. The molecule has 30 heavy (non-hydrogen) atoms. The number of piperidine rings is 1. The van der Waals surface area contributed by atoms with Crippen LogP contribution in [0.2, 0.25) is 0 Å². The summed E-state index contributed by atoms with van der Waals surface area (Å²) in [7, 11) is 0. The van der Waals surface area contributed by atoms with E-state index in [9.17, 15) is 9.59 Å². The van der Waals surface area contributed by atoms with Gasteiger partial charge in [-0.1, -0.05) is 6.07 Å². The van der Waals surface area contributed by atoms with Gasteiger partial charge in [0.1, 0.15) is 0 Å². The molecule has 0 bridgehead atoms. The zero-order valence-electron chi connectivity index (χ0n) is 18.3. The molecule has 0 aliphatic carbocycles. The second-order valence-electron chi connectivity index (χ2n) is 8.11. The highest BCUT2D eigenvalue weighted by molar-refractivity contribution is 7.09. The summed E-state index contributed by atoms with van der Waals surface area (Å²) in [5, 5.41) is 5.11. The predicted octanol–water partition coefficient (Wildman–Crippen LogP) is 4.19. The first-order chi connectivity index (χ1) is 14.5. The van der Waals surface area contributed by atoms with E-state index in [0.717, 1.165) is 37.1 Å². The van der Waals surface area contributed by atoms with E-state index in [0.29, 0.717) is 25.7 Å². The van der Waals surface area contributed by atoms with Crippen LogP contribution in [0, 0.1) is 5.92 Å². The summed E-state index contributed by atoms with van der Waals surface area (Å²) in [4.78, 5) is 30.8. The standard InChI is InChI=1S/C24H33N3O2S/c1-4-27(18(2)3)21-9-7-20(8-10-21)24(29)26-15-12-19(13-16-26)23(28)25-14-11-22-6-5-17-30-22/h5-10,17-19H,4,11-16H2,1-3H3,(H,25,28). The van der Waals surface area contributed by atoms with E-state index in [1.54, 1.807) is 11.3 Å². The predicted molar refractivity (Wildman–Crippen MR) is 124 cm³/mol. The molecule has 1 aliphatic rings. The maximum absolute atomic E-state index is 12.9. The molecule has 0 spiro atoms. The molecule has 1 aromatic carbocycles. The molecule has 1 aliphatic heterocycles. The van der Waals surface area contributed by atoms with Gasteiger partial charge in [0.15, 0.2) is 0 Å². The van der Waals surface area contributed by atoms with Crippen LogP contribution < -0.4 is 10.2 Å². The maximum atomic E-state index is 12.9. The van der Waals surface area contributed by atoms with Crippen LogP contribution in [-0.4, -0.2) is 48.9 Å². The summed E-state index contributed by atoms with van der Waals surface area (Å²) in [6.45, 7) is 9.37. The molecule has 2 amide bonds. The number of amides is 2. The van der Waals surface area contributed by atoms with E-state index in [2.05, 4.69) is 42.4 Å². The molecule has 2 heterocycles. The first kappa shape index (κ1) is 22.3. The van der Waals surface area contributed by atoms with Crippen LogP contribution in [0.25, 0.3) is 0 Å². The molecule has 1 aromatic heterocycles. The number of hydrogen-bond acceptors (Lipinski definition) is 4. The van der Waals surface area contributed by atoms with Crippen molar-refractivity contribution in [2.24, 2.45) is 5.92 Å². The van der Waals surface area contributed by atoms with Crippen LogP contribution in [-0.2, 0) is 11.2 Å². The lowest BCUT2D eigenvalue weighted by Crippen LogP contribution is -2.43. The van der Waals surface area contributed by atoms with Crippen LogP contribution in [0.3, 0.4) is 0 Å². The minimum atomic E-state index is 0.00363. The van der Waals surface area contributed by atoms with E-state index in [1.165, 1.54) is 4.88 Å². The second-order valence-corrected chi connectivity index (χ2v) is 9.15. The molecular weight excluding hydrogens is 394 g/mol. The molecule has 0 radical (unpaired) electrons. The average molecular weight is 428 g/mol. The van der Waals surface area contributed by atoms with Crippen LogP contribution in [0.5, 0.6) is 0 Å². The van der Waals surface area contributed by atoms with E-state index >= 15 is 0 Å². The van der Waals surface area contributed by atoms with Crippen molar-refractivity contribution in [1.29, 1.82) is 0 Å². The number of likely N-dealkylation sites (tertiary alicyclic amines) is 1. The molecule has 1 fully saturated rings. The quantitative estimate of drug-likeness (QED) is 0.687. The Hall–Kier alpha value is -2.34. The third-order valence-electron chi connectivity index (χ3n) is 5.81. The third kappa shape index (κ3) is 5.63. The molecule has 5 nitrogen and oxygen atoms in total. The van der Waals surface area contributed by atoms with E-state index in [1.807, 2.05) is 35.2 Å². The Balaban J connectivity index is 1.47. The lowest BCUT2D eigenvalue weighted by molar-refractivity contribution is -0.126. The lowest BCUT2D eigenvalue weighted by atomic mass is 9.95. The van der Waals surface area contributed by atoms with Crippen molar-refractivity contribution in [2.45, 2.75) is 46.1 Å². The Bertz CT molecular complexity index is 809. The monoisotopic (exact) mass is 427 g/mol. The molecule has 0 atom stereocenters. The summed E-state index contributed by atoms with van der Waals surface area (Å²) in [5.41, 5.74) is 1.86. The Kier molecular flexibility index (Phi) is 7.91. The number of rotatable bonds is 8. The van der Waals surface area contributed by atoms with Crippen LogP contribution >= 0.6 is 11.3 Å². The number of nitrogens with zero attached hydrogens (tertiary/aromatic N) is 2. The second kappa shape index (κ2) is 10.6. The van der Waals surface area contributed by atoms with Gasteiger partial charge >= 0.3 is 0 Å². The fourth-order valence-corrected chi connectivity index (χ4v) is 4.79. The van der Waals surface area contributed by atoms with Gasteiger partial charge in [0.2, 0.25) is 5.91 Å². The number of anilines is 1. The first-order valence-electron chi connectivity index (χ1n) is 11.0. The van der Waals surface area contributed by atoms with Gasteiger partial charge in [0.05, 0.1) is 0 Å². The molecule has 162 valence electrons. The molecule has 0 saturated carbocycles. The van der Waals surface area contributed by atoms with Gasteiger partial charge in [-0.2, -0.15) is 0 Å². The average Bonchev–Trinajstić information content (AvgIpc) is 3.27. The molecule has 3 rings (SSSR count).